The molecule has 2 aromatic rings. The molecular formula is C22H27F2N3O3. The van der Waals surface area contributed by atoms with Crippen molar-refractivity contribution in [2.75, 3.05) is 7.11 Å². The van der Waals surface area contributed by atoms with Crippen LogP contribution in [0.15, 0.2) is 36.5 Å². The molecule has 1 aliphatic carbocycles. The smallest absolute Gasteiger partial charge is 0.388 e. The van der Waals surface area contributed by atoms with Gasteiger partial charge in [0.15, 0.2) is 0 Å². The quantitative estimate of drug-likeness (QED) is 0.679. The zero-order chi connectivity index (χ0) is 21.5. The van der Waals surface area contributed by atoms with Crippen LogP contribution in [0.3, 0.4) is 0 Å². The summed E-state index contributed by atoms with van der Waals surface area (Å²) in [5.74, 6) is 0.853. The number of halogens is 2. The van der Waals surface area contributed by atoms with Crippen molar-refractivity contribution < 1.29 is 23.0 Å². The second kappa shape index (κ2) is 10.3. The Morgan fingerprint density at radius 3 is 2.53 bits per heavy atom. The Morgan fingerprint density at radius 2 is 1.93 bits per heavy atom. The third-order valence-corrected chi connectivity index (χ3v) is 5.68. The number of ether oxygens (including phenoxy) is 2. The Bertz CT molecular complexity index is 825. The van der Waals surface area contributed by atoms with Gasteiger partial charge in [0.05, 0.1) is 12.7 Å². The summed E-state index contributed by atoms with van der Waals surface area (Å²) in [6.45, 7) is -0.811. The van der Waals surface area contributed by atoms with Gasteiger partial charge in [-0.25, -0.2) is 9.97 Å². The molecule has 2 aromatic heterocycles. The molecular weight excluding hydrogens is 392 g/mol. The zero-order valence-electron chi connectivity index (χ0n) is 17.2. The average molecular weight is 419 g/mol. The van der Waals surface area contributed by atoms with Crippen LogP contribution in [0, 0.1) is 5.92 Å². The van der Waals surface area contributed by atoms with Crippen LogP contribution in [0.4, 0.5) is 8.78 Å². The number of rotatable bonds is 8. The SMILES string of the molecule is CC[C@@H](NC(=O)c1ccc(OC)nc1)C1CCC(c2cccc(OC(F)F)n2)CC1. The van der Waals surface area contributed by atoms with Crippen LogP contribution < -0.4 is 14.8 Å². The summed E-state index contributed by atoms with van der Waals surface area (Å²) in [4.78, 5) is 20.9. The van der Waals surface area contributed by atoms with Gasteiger partial charge in [-0.3, -0.25) is 4.79 Å². The first kappa shape index (κ1) is 21.9. The number of amides is 1. The number of hydrogen-bond acceptors (Lipinski definition) is 5. The van der Waals surface area contributed by atoms with Crippen LogP contribution in [-0.2, 0) is 0 Å². The Kier molecular flexibility index (Phi) is 7.54. The predicted octanol–water partition coefficient (Wildman–Crippen LogP) is 4.57. The highest BCUT2D eigenvalue weighted by molar-refractivity contribution is 5.94. The molecule has 0 unspecified atom stereocenters. The number of nitrogens with one attached hydrogen (secondary N) is 1. The lowest BCUT2D eigenvalue weighted by Gasteiger charge is -2.33. The lowest BCUT2D eigenvalue weighted by atomic mass is 9.76. The van der Waals surface area contributed by atoms with E-state index in [1.165, 1.54) is 19.4 Å². The van der Waals surface area contributed by atoms with Crippen molar-refractivity contribution in [1.29, 1.82) is 0 Å². The van der Waals surface area contributed by atoms with Gasteiger partial charge in [-0.15, -0.1) is 0 Å². The van der Waals surface area contributed by atoms with Crippen molar-refractivity contribution in [3.8, 4) is 11.8 Å². The maximum absolute atomic E-state index is 12.6. The second-order valence-corrected chi connectivity index (χ2v) is 7.47. The normalized spacial score (nSPS) is 19.9. The van der Waals surface area contributed by atoms with Crippen molar-refractivity contribution in [2.24, 2.45) is 5.92 Å². The largest absolute Gasteiger partial charge is 0.481 e. The molecule has 162 valence electrons. The molecule has 1 saturated carbocycles. The first-order chi connectivity index (χ1) is 14.5. The van der Waals surface area contributed by atoms with Crippen LogP contribution >= 0.6 is 0 Å². The Labute approximate surface area is 175 Å². The van der Waals surface area contributed by atoms with Crippen molar-refractivity contribution >= 4 is 5.91 Å². The standard InChI is InChI=1S/C22H27F2N3O3/c1-3-17(27-21(28)16-11-12-19(29-2)25-13-16)14-7-9-15(10-8-14)18-5-4-6-20(26-18)30-22(23)24/h4-6,11-15,17,22H,3,7-10H2,1-2H3,(H,27,28)/t14?,15?,17-/m1/s1. The van der Waals surface area contributed by atoms with Crippen LogP contribution in [0.2, 0.25) is 0 Å². The number of nitrogens with zero attached hydrogens (tertiary/aromatic N) is 2. The van der Waals surface area contributed by atoms with Gasteiger partial charge in [-0.2, -0.15) is 8.78 Å². The van der Waals surface area contributed by atoms with E-state index in [2.05, 4.69) is 26.9 Å². The van der Waals surface area contributed by atoms with Gasteiger partial charge >= 0.3 is 6.61 Å². The minimum Gasteiger partial charge on any atom is -0.481 e. The van der Waals surface area contributed by atoms with Gasteiger partial charge in [0.1, 0.15) is 0 Å². The molecule has 0 bridgehead atoms. The Balaban J connectivity index is 1.56. The first-order valence-electron chi connectivity index (χ1n) is 10.2. The van der Waals surface area contributed by atoms with Crippen LogP contribution in [0.25, 0.3) is 0 Å². The highest BCUT2D eigenvalue weighted by atomic mass is 19.3. The van der Waals surface area contributed by atoms with Gasteiger partial charge in [0.2, 0.25) is 11.8 Å². The highest BCUT2D eigenvalue weighted by Crippen LogP contribution is 2.37. The first-order valence-corrected chi connectivity index (χ1v) is 10.2. The summed E-state index contributed by atoms with van der Waals surface area (Å²) in [6.07, 6.45) is 6.01. The molecule has 0 aromatic carbocycles. The maximum Gasteiger partial charge on any atom is 0.388 e. The fourth-order valence-corrected chi connectivity index (χ4v) is 4.07. The third-order valence-electron chi connectivity index (χ3n) is 5.68. The molecule has 30 heavy (non-hydrogen) atoms. The van der Waals surface area contributed by atoms with Crippen LogP contribution in [-0.4, -0.2) is 35.6 Å². The summed E-state index contributed by atoms with van der Waals surface area (Å²) in [7, 11) is 1.53. The van der Waals surface area contributed by atoms with E-state index in [4.69, 9.17) is 4.74 Å². The molecule has 6 nitrogen and oxygen atoms in total. The van der Waals surface area contributed by atoms with Gasteiger partial charge in [0.25, 0.3) is 5.91 Å². The van der Waals surface area contributed by atoms with E-state index < -0.39 is 6.61 Å². The molecule has 3 rings (SSSR count). The molecule has 0 aliphatic heterocycles. The number of methoxy groups -OCH3 is 1. The lowest BCUT2D eigenvalue weighted by molar-refractivity contribution is -0.0530. The summed E-state index contributed by atoms with van der Waals surface area (Å²) in [5.41, 5.74) is 1.29. The van der Waals surface area contributed by atoms with Crippen molar-refractivity contribution in [3.63, 3.8) is 0 Å². The number of carbonyl (C=O) groups is 1. The van der Waals surface area contributed by atoms with Crippen LogP contribution in [0.5, 0.6) is 11.8 Å². The van der Waals surface area contributed by atoms with E-state index in [1.54, 1.807) is 18.2 Å². The molecule has 1 amide bonds. The molecule has 0 spiro atoms. The fraction of sp³-hybridized carbons (Fsp3) is 0.500. The maximum atomic E-state index is 12.6. The van der Waals surface area contributed by atoms with E-state index in [1.807, 2.05) is 6.07 Å². The minimum atomic E-state index is -2.88. The summed E-state index contributed by atoms with van der Waals surface area (Å²) in [5, 5.41) is 3.14. The highest BCUT2D eigenvalue weighted by Gasteiger charge is 2.29. The molecule has 0 saturated heterocycles. The van der Waals surface area contributed by atoms with Gasteiger partial charge in [-0.05, 0) is 50.2 Å². The number of pyridine rings is 2. The summed E-state index contributed by atoms with van der Waals surface area (Å²) >= 11 is 0. The molecule has 0 radical (unpaired) electrons. The molecule has 1 atom stereocenters. The second-order valence-electron chi connectivity index (χ2n) is 7.47. The van der Waals surface area contributed by atoms with Gasteiger partial charge < -0.3 is 14.8 Å². The summed E-state index contributed by atoms with van der Waals surface area (Å²) < 4.78 is 34.3. The van der Waals surface area contributed by atoms with Crippen molar-refractivity contribution in [1.82, 2.24) is 15.3 Å². The fourth-order valence-electron chi connectivity index (χ4n) is 4.07. The number of aromatic nitrogens is 2. The van der Waals surface area contributed by atoms with E-state index in [0.717, 1.165) is 37.8 Å². The Hall–Kier alpha value is -2.77. The summed E-state index contributed by atoms with van der Waals surface area (Å²) in [6, 6.07) is 8.44. The minimum absolute atomic E-state index is 0.0450. The van der Waals surface area contributed by atoms with Crippen LogP contribution in [0.1, 0.15) is 61.0 Å². The van der Waals surface area contributed by atoms with E-state index in [0.29, 0.717) is 17.4 Å². The van der Waals surface area contributed by atoms with E-state index in [9.17, 15) is 13.6 Å². The molecule has 1 aliphatic rings. The van der Waals surface area contributed by atoms with E-state index in [-0.39, 0.29) is 23.7 Å². The predicted molar refractivity (Wildman–Crippen MR) is 108 cm³/mol. The molecule has 8 heteroatoms. The molecule has 2 heterocycles. The topological polar surface area (TPSA) is 73.3 Å². The monoisotopic (exact) mass is 419 g/mol. The number of alkyl halides is 2. The Morgan fingerprint density at radius 1 is 1.17 bits per heavy atom. The lowest BCUT2D eigenvalue weighted by Crippen LogP contribution is -2.41. The van der Waals surface area contributed by atoms with Crippen molar-refractivity contribution in [3.05, 3.63) is 47.8 Å². The average Bonchev–Trinajstić information content (AvgIpc) is 2.77. The molecule has 1 N–H and O–H groups in total. The van der Waals surface area contributed by atoms with Gasteiger partial charge in [-0.1, -0.05) is 13.0 Å². The zero-order valence-corrected chi connectivity index (χ0v) is 17.2. The molecule has 1 fully saturated rings. The number of hydrogen-bond donors (Lipinski definition) is 1. The number of carbonyl (C=O) groups excluding carboxylic acids is 1. The van der Waals surface area contributed by atoms with E-state index >= 15 is 0 Å². The van der Waals surface area contributed by atoms with Gasteiger partial charge in [0, 0.05) is 36.0 Å². The third kappa shape index (κ3) is 5.64. The van der Waals surface area contributed by atoms with Crippen molar-refractivity contribution in [2.45, 2.75) is 57.6 Å².